The predicted molar refractivity (Wildman–Crippen MR) is 104 cm³/mol. The van der Waals surface area contributed by atoms with Crippen LogP contribution in [0.5, 0.6) is 17.4 Å². The van der Waals surface area contributed by atoms with E-state index in [0.717, 1.165) is 23.7 Å². The Morgan fingerprint density at radius 1 is 1.14 bits per heavy atom. The second kappa shape index (κ2) is 7.85. The van der Waals surface area contributed by atoms with Crippen LogP contribution in [-0.4, -0.2) is 46.6 Å². The number of hydrogen-bond acceptors (Lipinski definition) is 7. The molecule has 8 nitrogen and oxygen atoms in total. The summed E-state index contributed by atoms with van der Waals surface area (Å²) in [6.07, 6.45) is 3.79. The van der Waals surface area contributed by atoms with Gasteiger partial charge in [0.2, 0.25) is 5.88 Å². The van der Waals surface area contributed by atoms with Crippen molar-refractivity contribution < 1.29 is 14.2 Å². The highest BCUT2D eigenvalue weighted by atomic mass is 16.5. The van der Waals surface area contributed by atoms with Gasteiger partial charge in [-0.1, -0.05) is 0 Å². The van der Waals surface area contributed by atoms with Gasteiger partial charge in [0.05, 0.1) is 19.9 Å². The molecule has 2 aromatic heterocycles. The molecular weight excluding hydrogens is 358 g/mol. The zero-order chi connectivity index (χ0) is 19.5. The van der Waals surface area contributed by atoms with Crippen molar-refractivity contribution >= 4 is 5.82 Å². The maximum atomic E-state index is 5.93. The summed E-state index contributed by atoms with van der Waals surface area (Å²) in [5.74, 6) is 3.47. The first-order valence-electron chi connectivity index (χ1n) is 9.13. The van der Waals surface area contributed by atoms with Gasteiger partial charge in [0.15, 0.2) is 0 Å². The van der Waals surface area contributed by atoms with E-state index in [1.54, 1.807) is 11.8 Å². The minimum Gasteiger partial charge on any atom is -0.497 e. The molecule has 1 aliphatic heterocycles. The highest BCUT2D eigenvalue weighted by Gasteiger charge is 2.24. The number of morpholine rings is 1. The molecule has 0 bridgehead atoms. The molecule has 4 rings (SSSR count). The van der Waals surface area contributed by atoms with E-state index < -0.39 is 0 Å². The van der Waals surface area contributed by atoms with Crippen molar-refractivity contribution in [3.63, 3.8) is 0 Å². The van der Waals surface area contributed by atoms with Gasteiger partial charge >= 0.3 is 0 Å². The van der Waals surface area contributed by atoms with Gasteiger partial charge in [-0.2, -0.15) is 10.1 Å². The number of aromatic nitrogens is 4. The van der Waals surface area contributed by atoms with Crippen LogP contribution in [0.15, 0.2) is 42.7 Å². The molecule has 0 saturated carbocycles. The number of benzene rings is 1. The minimum absolute atomic E-state index is 0.0383. The Morgan fingerprint density at radius 3 is 2.64 bits per heavy atom. The molecule has 28 heavy (non-hydrogen) atoms. The lowest BCUT2D eigenvalue weighted by molar-refractivity contribution is 0.0394. The molecule has 1 atom stereocenters. The third kappa shape index (κ3) is 4.07. The van der Waals surface area contributed by atoms with E-state index in [-0.39, 0.29) is 6.10 Å². The summed E-state index contributed by atoms with van der Waals surface area (Å²) in [6.45, 7) is 3.94. The summed E-state index contributed by atoms with van der Waals surface area (Å²) in [5, 5.41) is 4.24. The van der Waals surface area contributed by atoms with Gasteiger partial charge in [-0.15, -0.1) is 0 Å². The normalized spacial score (nSPS) is 16.8. The topological polar surface area (TPSA) is 74.5 Å². The first-order chi connectivity index (χ1) is 13.6. The standard InChI is InChI=1S/C20H23N5O3/c1-14-22-19(10-20(23-14)28-17-6-4-16(26-3)5-7-17)25-8-9-27-18(13-25)15-11-21-24(2)12-15/h4-7,10-12,18H,8-9,13H2,1-3H3. The summed E-state index contributed by atoms with van der Waals surface area (Å²) < 4.78 is 18.8. The summed E-state index contributed by atoms with van der Waals surface area (Å²) in [4.78, 5) is 11.2. The van der Waals surface area contributed by atoms with E-state index in [2.05, 4.69) is 20.0 Å². The smallest absolute Gasteiger partial charge is 0.224 e. The molecule has 1 aromatic carbocycles. The van der Waals surface area contributed by atoms with Crippen molar-refractivity contribution in [1.82, 2.24) is 19.7 Å². The number of aryl methyl sites for hydroxylation is 2. The molecule has 3 heterocycles. The molecule has 0 aliphatic carbocycles. The Hall–Kier alpha value is -3.13. The van der Waals surface area contributed by atoms with Crippen LogP contribution in [0.4, 0.5) is 5.82 Å². The van der Waals surface area contributed by atoms with Crippen LogP contribution < -0.4 is 14.4 Å². The number of rotatable bonds is 5. The molecule has 146 valence electrons. The second-order valence-corrected chi connectivity index (χ2v) is 6.64. The fourth-order valence-electron chi connectivity index (χ4n) is 3.17. The third-order valence-corrected chi connectivity index (χ3v) is 4.57. The van der Waals surface area contributed by atoms with E-state index in [0.29, 0.717) is 30.6 Å². The van der Waals surface area contributed by atoms with Crippen molar-refractivity contribution in [2.75, 3.05) is 31.7 Å². The molecule has 1 saturated heterocycles. The largest absolute Gasteiger partial charge is 0.497 e. The van der Waals surface area contributed by atoms with E-state index >= 15 is 0 Å². The predicted octanol–water partition coefficient (Wildman–Crippen LogP) is 2.90. The summed E-state index contributed by atoms with van der Waals surface area (Å²) in [5.41, 5.74) is 1.06. The Morgan fingerprint density at radius 2 is 1.93 bits per heavy atom. The van der Waals surface area contributed by atoms with Gasteiger partial charge in [-0.05, 0) is 31.2 Å². The van der Waals surface area contributed by atoms with Crippen LogP contribution >= 0.6 is 0 Å². The lowest BCUT2D eigenvalue weighted by atomic mass is 10.1. The molecule has 0 amide bonds. The lowest BCUT2D eigenvalue weighted by Gasteiger charge is -2.33. The van der Waals surface area contributed by atoms with Crippen LogP contribution in [0.1, 0.15) is 17.5 Å². The van der Waals surface area contributed by atoms with Crippen molar-refractivity contribution in [2.45, 2.75) is 13.0 Å². The van der Waals surface area contributed by atoms with Crippen LogP contribution in [0.3, 0.4) is 0 Å². The fraction of sp³-hybridized carbons (Fsp3) is 0.350. The van der Waals surface area contributed by atoms with Gasteiger partial charge in [-0.3, -0.25) is 4.68 Å². The zero-order valence-electron chi connectivity index (χ0n) is 16.2. The van der Waals surface area contributed by atoms with Crippen molar-refractivity contribution in [1.29, 1.82) is 0 Å². The third-order valence-electron chi connectivity index (χ3n) is 4.57. The fourth-order valence-corrected chi connectivity index (χ4v) is 3.17. The number of nitrogens with zero attached hydrogens (tertiary/aromatic N) is 5. The quantitative estimate of drug-likeness (QED) is 0.673. The van der Waals surface area contributed by atoms with E-state index in [9.17, 15) is 0 Å². The Balaban J connectivity index is 1.52. The molecule has 1 aliphatic rings. The van der Waals surface area contributed by atoms with Crippen LogP contribution in [-0.2, 0) is 11.8 Å². The summed E-state index contributed by atoms with van der Waals surface area (Å²) in [7, 11) is 3.54. The molecule has 8 heteroatoms. The van der Waals surface area contributed by atoms with Gasteiger partial charge in [0.25, 0.3) is 0 Å². The zero-order valence-corrected chi connectivity index (χ0v) is 16.2. The molecular formula is C20H23N5O3. The average Bonchev–Trinajstić information content (AvgIpc) is 3.15. The Kier molecular flexibility index (Phi) is 5.12. The number of ether oxygens (including phenoxy) is 3. The van der Waals surface area contributed by atoms with Gasteiger partial charge in [-0.25, -0.2) is 4.98 Å². The lowest BCUT2D eigenvalue weighted by Crippen LogP contribution is -2.38. The summed E-state index contributed by atoms with van der Waals surface area (Å²) >= 11 is 0. The van der Waals surface area contributed by atoms with Crippen LogP contribution in [0.25, 0.3) is 0 Å². The first-order valence-corrected chi connectivity index (χ1v) is 9.13. The van der Waals surface area contributed by atoms with Crippen molar-refractivity contribution in [3.05, 3.63) is 54.1 Å². The molecule has 1 unspecified atom stereocenters. The molecule has 3 aromatic rings. The second-order valence-electron chi connectivity index (χ2n) is 6.64. The average molecular weight is 381 g/mol. The number of methoxy groups -OCH3 is 1. The monoisotopic (exact) mass is 381 g/mol. The SMILES string of the molecule is COc1ccc(Oc2cc(N3CCOC(c4cnn(C)c4)C3)nc(C)n2)cc1. The molecule has 0 radical (unpaired) electrons. The van der Waals surface area contributed by atoms with Crippen molar-refractivity contribution in [3.8, 4) is 17.4 Å². The number of anilines is 1. The van der Waals surface area contributed by atoms with Crippen LogP contribution in [0.2, 0.25) is 0 Å². The highest BCUT2D eigenvalue weighted by Crippen LogP contribution is 2.28. The maximum absolute atomic E-state index is 5.93. The highest BCUT2D eigenvalue weighted by molar-refractivity contribution is 5.44. The molecule has 1 fully saturated rings. The Bertz CT molecular complexity index is 941. The number of hydrogen-bond donors (Lipinski definition) is 0. The van der Waals surface area contributed by atoms with Crippen molar-refractivity contribution in [2.24, 2.45) is 7.05 Å². The Labute approximate surface area is 163 Å². The van der Waals surface area contributed by atoms with Gasteiger partial charge < -0.3 is 19.1 Å². The summed E-state index contributed by atoms with van der Waals surface area (Å²) in [6, 6.07) is 9.27. The van der Waals surface area contributed by atoms with E-state index in [4.69, 9.17) is 14.2 Å². The molecule has 0 N–H and O–H groups in total. The maximum Gasteiger partial charge on any atom is 0.224 e. The van der Waals surface area contributed by atoms with Gasteiger partial charge in [0.1, 0.15) is 29.2 Å². The molecule has 0 spiro atoms. The van der Waals surface area contributed by atoms with E-state index in [1.807, 2.05) is 56.7 Å². The first kappa shape index (κ1) is 18.2. The van der Waals surface area contributed by atoms with E-state index in [1.165, 1.54) is 0 Å². The van der Waals surface area contributed by atoms with Gasteiger partial charge in [0, 0.05) is 38.0 Å². The minimum atomic E-state index is -0.0383. The van der Waals surface area contributed by atoms with Crippen LogP contribution in [0, 0.1) is 6.92 Å².